The van der Waals surface area contributed by atoms with Crippen molar-refractivity contribution in [3.8, 4) is 11.1 Å². The average Bonchev–Trinajstić information content (AvgIpc) is 1.51. The number of benzene rings is 2. The second-order valence-corrected chi connectivity index (χ2v) is 25.5. The quantitative estimate of drug-likeness (QED) is 0.0270. The van der Waals surface area contributed by atoms with Crippen LogP contribution < -0.4 is 21.3 Å². The Morgan fingerprint density at radius 3 is 1.88 bits per heavy atom. The smallest absolute Gasteiger partial charge is 0.325 e. The first-order valence-electron chi connectivity index (χ1n) is 34.4. The summed E-state index contributed by atoms with van der Waals surface area (Å²) in [5, 5.41) is 32.4. The van der Waals surface area contributed by atoms with Crippen LogP contribution in [0.2, 0.25) is 0 Å². The zero-order chi connectivity index (χ0) is 71.3. The third-order valence-corrected chi connectivity index (χ3v) is 18.8. The minimum atomic E-state index is -2.75. The van der Waals surface area contributed by atoms with E-state index in [4.69, 9.17) is 43.0 Å². The van der Waals surface area contributed by atoms with Crippen molar-refractivity contribution >= 4 is 68.9 Å². The van der Waals surface area contributed by atoms with Crippen LogP contribution >= 0.6 is 0 Å². The summed E-state index contributed by atoms with van der Waals surface area (Å²) in [5.41, 5.74) is 3.54. The summed E-state index contributed by atoms with van der Waals surface area (Å²) in [5.74, 6) is -6.77. The first-order valence-corrected chi connectivity index (χ1v) is 34.4. The van der Waals surface area contributed by atoms with Gasteiger partial charge in [0.1, 0.15) is 18.9 Å². The normalized spacial score (nSPS) is 17.4. The number of fused-ring (bicyclic) bond motifs is 4. The Morgan fingerprint density at radius 1 is 0.653 bits per heavy atom. The molecule has 33 heteroatoms. The number of alkyl halides is 2. The molecule has 2 aliphatic carbocycles. The molecule has 0 bridgehead atoms. The maximum Gasteiger partial charge on any atom is 0.325 e. The maximum atomic E-state index is 16.0. The van der Waals surface area contributed by atoms with Gasteiger partial charge in [0, 0.05) is 110 Å². The van der Waals surface area contributed by atoms with Gasteiger partial charge in [-0.25, -0.2) is 13.2 Å². The Hall–Kier alpha value is -8.44. The van der Waals surface area contributed by atoms with Crippen molar-refractivity contribution in [1.82, 2.24) is 65.3 Å². The van der Waals surface area contributed by atoms with Gasteiger partial charge in [-0.2, -0.15) is 20.4 Å². The molecule has 2 aromatic carbocycles. The molecule has 2 aliphatic heterocycles. The van der Waals surface area contributed by atoms with E-state index in [2.05, 4.69) is 46.4 Å². The third-order valence-electron chi connectivity index (χ3n) is 18.8. The number of rotatable bonds is 41. The number of anilines is 1. The summed E-state index contributed by atoms with van der Waals surface area (Å²) >= 11 is 0. The Bertz CT molecular complexity index is 3790. The van der Waals surface area contributed by atoms with Crippen LogP contribution in [0, 0.1) is 17.2 Å². The van der Waals surface area contributed by atoms with E-state index in [1.54, 1.807) is 65.0 Å². The number of hydrogen-bond acceptors (Lipinski definition) is 20. The number of hydrogen-bond donors (Lipinski definition) is 5. The summed E-state index contributed by atoms with van der Waals surface area (Å²) in [6, 6.07) is 8.60. The number of esters is 1. The lowest BCUT2D eigenvalue weighted by Gasteiger charge is -2.32. The molecule has 6 aromatic rings. The molecule has 5 N–H and O–H groups in total. The summed E-state index contributed by atoms with van der Waals surface area (Å²) < 4.78 is 98.8. The SMILES string of the molecule is COC(=O)CNC(=O)CNC(=O)Cn1nc(C2CCN(C(=O)CCC(=O)NCCOCCOCCOCCOCCOCCOCCOCCOCCC(=O)N3CCC(n4cc(NC(=O)c5n[nH]c6c5C[C@H]5C(F)(F)[C@@]5(C)C6)cn4)CC3)CC2)c2c(-c3cc4c(cnn4C)cc3F)cccc21. The number of aromatic amines is 1. The number of halogens is 3. The molecule has 101 heavy (non-hydrogen) atoms. The summed E-state index contributed by atoms with van der Waals surface area (Å²) in [6.45, 7) is 8.73. The van der Waals surface area contributed by atoms with E-state index in [1.807, 2.05) is 11.0 Å². The highest BCUT2D eigenvalue weighted by molar-refractivity contribution is 6.04. The van der Waals surface area contributed by atoms with Crippen LogP contribution in [0.1, 0.15) is 91.3 Å². The minimum Gasteiger partial charge on any atom is -0.468 e. The second-order valence-electron chi connectivity index (χ2n) is 25.5. The molecular weight excluding hydrogens is 1330 g/mol. The number of aryl methyl sites for hydroxylation is 1. The van der Waals surface area contributed by atoms with Crippen molar-refractivity contribution in [3.05, 3.63) is 77.4 Å². The van der Waals surface area contributed by atoms with Gasteiger partial charge in [-0.3, -0.25) is 52.7 Å². The van der Waals surface area contributed by atoms with Gasteiger partial charge in [0.2, 0.25) is 29.5 Å². The minimum absolute atomic E-state index is 0.0105. The Labute approximate surface area is 581 Å². The van der Waals surface area contributed by atoms with Crippen molar-refractivity contribution in [2.24, 2.45) is 18.4 Å². The fraction of sp³-hybridized carbons (Fsp3) is 0.603. The molecule has 0 radical (unpaired) electrons. The van der Waals surface area contributed by atoms with E-state index in [9.17, 15) is 42.3 Å². The molecule has 2 atom stereocenters. The number of piperidine rings is 2. The van der Waals surface area contributed by atoms with Crippen molar-refractivity contribution in [1.29, 1.82) is 0 Å². The van der Waals surface area contributed by atoms with E-state index < -0.39 is 46.8 Å². The molecule has 6 heterocycles. The number of methoxy groups -OCH3 is 1. The van der Waals surface area contributed by atoms with Gasteiger partial charge in [0.25, 0.3) is 11.8 Å². The lowest BCUT2D eigenvalue weighted by molar-refractivity contribution is -0.141. The Morgan fingerprint density at radius 2 is 1.25 bits per heavy atom. The van der Waals surface area contributed by atoms with Crippen molar-refractivity contribution < 1.29 is 89.4 Å². The van der Waals surface area contributed by atoms with E-state index in [0.29, 0.717) is 194 Å². The number of ether oxygens (including phenoxy) is 9. The lowest BCUT2D eigenvalue weighted by Crippen LogP contribution is -2.40. The molecule has 0 spiro atoms. The van der Waals surface area contributed by atoms with Gasteiger partial charge < -0.3 is 73.7 Å². The highest BCUT2D eigenvalue weighted by Crippen LogP contribution is 2.70. The highest BCUT2D eigenvalue weighted by atomic mass is 19.3. The van der Waals surface area contributed by atoms with E-state index >= 15 is 4.39 Å². The predicted molar refractivity (Wildman–Crippen MR) is 357 cm³/mol. The molecule has 10 rings (SSSR count). The fourth-order valence-corrected chi connectivity index (χ4v) is 13.0. The average molecular weight is 1420 g/mol. The van der Waals surface area contributed by atoms with Gasteiger partial charge >= 0.3 is 5.97 Å². The van der Waals surface area contributed by atoms with Crippen molar-refractivity contribution in [2.45, 2.75) is 89.1 Å². The molecule has 1 saturated carbocycles. The fourth-order valence-electron chi connectivity index (χ4n) is 13.0. The number of carbonyl (C=O) groups is 7. The number of nitrogens with zero attached hydrogens (tertiary/aromatic N) is 9. The largest absolute Gasteiger partial charge is 0.468 e. The standard InChI is InChI=1S/C68H91F3N14O16/c1-67-38-53-51(37-56(67)68(67,70)71)65(79-78-53)66(92)77-47-40-76-84(43-47)48-11-17-83(18-12-48)61(90)13-19-94-21-23-96-25-27-98-29-31-100-33-34-101-32-30-99-28-26-97-24-22-95-20-14-72-57(86)7-8-60(89)82-15-9-45(10-16-82)64-63-49(50-36-55-46(35-52(50)69)39-75-81(55)2)5-4-6-54(63)85(80-64)44-59(88)73-41-58(87)74-42-62(91)93-3/h4-6,35-36,39-40,43,45,48,56H,7-34,37-38,41-42,44H2,1-3H3,(H,72,86)(H,73,88)(H,74,87)(H,77,92)(H,78,79)/t56-,67+/m1/s1. The number of aromatic nitrogens is 8. The first kappa shape index (κ1) is 75.2. The van der Waals surface area contributed by atoms with Crippen LogP contribution in [-0.4, -0.2) is 255 Å². The molecule has 4 aromatic heterocycles. The van der Waals surface area contributed by atoms with Gasteiger partial charge in [0.05, 0.1) is 167 Å². The molecule has 2 saturated heterocycles. The lowest BCUT2D eigenvalue weighted by atomic mass is 9.87. The highest BCUT2D eigenvalue weighted by Gasteiger charge is 2.78. The molecule has 6 amide bonds. The topological polar surface area (TPSA) is 339 Å². The van der Waals surface area contributed by atoms with Crippen LogP contribution in [0.5, 0.6) is 0 Å². The number of nitrogens with one attached hydrogen (secondary N) is 5. The molecular formula is C68H91F3N14O16. The van der Waals surface area contributed by atoms with E-state index in [-0.39, 0.29) is 107 Å². The van der Waals surface area contributed by atoms with Crippen LogP contribution in [0.4, 0.5) is 18.9 Å². The van der Waals surface area contributed by atoms with Crippen LogP contribution in [-0.2, 0) is 97.8 Å². The maximum absolute atomic E-state index is 16.0. The van der Waals surface area contributed by atoms with E-state index in [1.165, 1.54) is 17.9 Å². The zero-order valence-electron chi connectivity index (χ0n) is 57.4. The molecule has 0 unspecified atom stereocenters. The molecule has 4 aliphatic rings. The van der Waals surface area contributed by atoms with Gasteiger partial charge in [-0.15, -0.1) is 0 Å². The number of likely N-dealkylation sites (tertiary alicyclic amines) is 2. The number of amides is 6. The van der Waals surface area contributed by atoms with Crippen LogP contribution in [0.3, 0.4) is 0 Å². The third kappa shape index (κ3) is 20.0. The van der Waals surface area contributed by atoms with Crippen LogP contribution in [0.25, 0.3) is 32.9 Å². The van der Waals surface area contributed by atoms with Crippen molar-refractivity contribution in [2.75, 3.05) is 164 Å². The zero-order valence-corrected chi connectivity index (χ0v) is 57.4. The second kappa shape index (κ2) is 36.4. The number of carbonyl (C=O) groups excluding carboxylic acids is 7. The summed E-state index contributed by atoms with van der Waals surface area (Å²) in [4.78, 5) is 92.5. The molecule has 550 valence electrons. The van der Waals surface area contributed by atoms with Crippen LogP contribution in [0.15, 0.2) is 48.9 Å². The van der Waals surface area contributed by atoms with Gasteiger partial charge in [0.15, 0.2) is 5.69 Å². The predicted octanol–water partition coefficient (Wildman–Crippen LogP) is 3.67. The summed E-state index contributed by atoms with van der Waals surface area (Å²) in [7, 11) is 2.97. The Balaban J connectivity index is 0.483. The monoisotopic (exact) mass is 1420 g/mol. The Kier molecular flexibility index (Phi) is 27.1. The first-order chi connectivity index (χ1) is 48.9. The van der Waals surface area contributed by atoms with E-state index in [0.717, 1.165) is 5.52 Å². The molecule has 30 nitrogen and oxygen atoms in total. The van der Waals surface area contributed by atoms with Crippen molar-refractivity contribution in [3.63, 3.8) is 0 Å². The molecule has 3 fully saturated rings. The van der Waals surface area contributed by atoms with Gasteiger partial charge in [-0.1, -0.05) is 19.1 Å². The summed E-state index contributed by atoms with van der Waals surface area (Å²) in [6.07, 6.45) is 7.91. The van der Waals surface area contributed by atoms with Gasteiger partial charge in [-0.05, 0) is 55.9 Å². The number of H-pyrrole nitrogens is 1.